The Labute approximate surface area is 236 Å². The molecule has 0 spiro atoms. The number of piperidine rings is 1. The van der Waals surface area contributed by atoms with Crippen LogP contribution in [0.4, 0.5) is 23.1 Å². The average molecular weight is 548 g/mol. The number of hydrogen-bond acceptors (Lipinski definition) is 8. The number of aromatic nitrogens is 2. The molecule has 40 heavy (non-hydrogen) atoms. The summed E-state index contributed by atoms with van der Waals surface area (Å²) in [5, 5.41) is 9.72. The molecule has 3 N–H and O–H groups in total. The Morgan fingerprint density at radius 3 is 2.77 bits per heavy atom. The monoisotopic (exact) mass is 547 g/mol. The van der Waals surface area contributed by atoms with Gasteiger partial charge in [0, 0.05) is 37.8 Å². The van der Waals surface area contributed by atoms with E-state index in [-0.39, 0.29) is 23.8 Å². The molecule has 214 valence electrons. The van der Waals surface area contributed by atoms with Crippen molar-refractivity contribution in [2.45, 2.75) is 63.5 Å². The molecule has 1 aliphatic carbocycles. The maximum Gasteiger partial charge on any atom is 0.251 e. The number of benzene rings is 1. The molecule has 1 saturated heterocycles. The number of carbonyl (C=O) groups is 2. The first kappa shape index (κ1) is 27.9. The minimum atomic E-state index is -0.182. The van der Waals surface area contributed by atoms with Crippen LogP contribution in [0.2, 0.25) is 0 Å². The van der Waals surface area contributed by atoms with E-state index in [0.717, 1.165) is 44.6 Å². The topological polar surface area (TPSA) is 112 Å². The molecule has 2 fully saturated rings. The van der Waals surface area contributed by atoms with E-state index >= 15 is 0 Å². The Kier molecular flexibility index (Phi) is 8.84. The molecular formula is C30H41N7O3. The van der Waals surface area contributed by atoms with Crippen molar-refractivity contribution < 1.29 is 14.3 Å². The molecule has 1 aromatic carbocycles. The second-order valence-electron chi connectivity index (χ2n) is 11.0. The van der Waals surface area contributed by atoms with Gasteiger partial charge in [0.2, 0.25) is 11.9 Å². The summed E-state index contributed by atoms with van der Waals surface area (Å²) in [5.41, 5.74) is 1.90. The standard InChI is InChI=1S/C30H41N7O3/c1-4-9-21-19-37(23-11-6-5-7-12-23)27-25(36(2)29(21)39)18-32-30(35-27)34-24-14-13-20(16-26(24)40-3)28(38)33-22-10-8-15-31-17-22/h4,13-14,16,18,21-23,31H,1,5-12,15,17,19H2,2-3H3,(H,33,38)(H,32,34,35). The number of hydrogen-bond donors (Lipinski definition) is 3. The number of methoxy groups -OCH3 is 1. The van der Waals surface area contributed by atoms with E-state index in [9.17, 15) is 9.59 Å². The highest BCUT2D eigenvalue weighted by Gasteiger charge is 2.36. The molecule has 1 saturated carbocycles. The summed E-state index contributed by atoms with van der Waals surface area (Å²) < 4.78 is 5.64. The molecule has 10 heteroatoms. The zero-order chi connectivity index (χ0) is 28.1. The van der Waals surface area contributed by atoms with Crippen molar-refractivity contribution in [2.75, 3.05) is 48.9 Å². The first-order valence-corrected chi connectivity index (χ1v) is 14.5. The summed E-state index contributed by atoms with van der Waals surface area (Å²) in [6.07, 6.45) is 12.0. The van der Waals surface area contributed by atoms with Gasteiger partial charge < -0.3 is 30.5 Å². The lowest BCUT2D eigenvalue weighted by Crippen LogP contribution is -2.45. The van der Waals surface area contributed by atoms with E-state index < -0.39 is 0 Å². The van der Waals surface area contributed by atoms with E-state index in [1.807, 2.05) is 12.1 Å². The van der Waals surface area contributed by atoms with Gasteiger partial charge in [-0.1, -0.05) is 25.3 Å². The molecule has 1 aromatic heterocycles. The third-order valence-corrected chi connectivity index (χ3v) is 8.29. The van der Waals surface area contributed by atoms with Crippen molar-refractivity contribution in [3.63, 3.8) is 0 Å². The molecule has 3 heterocycles. The van der Waals surface area contributed by atoms with Gasteiger partial charge in [0.25, 0.3) is 5.91 Å². The summed E-state index contributed by atoms with van der Waals surface area (Å²) in [6.45, 7) is 6.27. The van der Waals surface area contributed by atoms with E-state index in [1.165, 1.54) is 19.3 Å². The largest absolute Gasteiger partial charge is 0.495 e. The Balaban J connectivity index is 1.41. The number of rotatable bonds is 8. The first-order valence-electron chi connectivity index (χ1n) is 14.5. The third kappa shape index (κ3) is 6.06. The molecule has 5 rings (SSSR count). The van der Waals surface area contributed by atoms with Gasteiger partial charge in [-0.2, -0.15) is 4.98 Å². The van der Waals surface area contributed by atoms with Crippen LogP contribution in [-0.2, 0) is 4.79 Å². The Morgan fingerprint density at radius 2 is 2.05 bits per heavy atom. The molecule has 2 atom stereocenters. The van der Waals surface area contributed by atoms with Gasteiger partial charge in [-0.15, -0.1) is 6.58 Å². The summed E-state index contributed by atoms with van der Waals surface area (Å²) >= 11 is 0. The van der Waals surface area contributed by atoms with Gasteiger partial charge in [-0.25, -0.2) is 4.98 Å². The highest BCUT2D eigenvalue weighted by atomic mass is 16.5. The summed E-state index contributed by atoms with van der Waals surface area (Å²) in [6, 6.07) is 5.78. The van der Waals surface area contributed by atoms with Crippen LogP contribution >= 0.6 is 0 Å². The van der Waals surface area contributed by atoms with Crippen LogP contribution in [-0.4, -0.2) is 67.7 Å². The van der Waals surface area contributed by atoms with Crippen LogP contribution in [0.15, 0.2) is 37.1 Å². The van der Waals surface area contributed by atoms with Crippen LogP contribution in [0.25, 0.3) is 0 Å². The Morgan fingerprint density at radius 1 is 1.23 bits per heavy atom. The Hall–Kier alpha value is -3.66. The summed E-state index contributed by atoms with van der Waals surface area (Å²) in [4.78, 5) is 39.7. The fraction of sp³-hybridized carbons (Fsp3) is 0.533. The van der Waals surface area contributed by atoms with Gasteiger partial charge in [0.05, 0.1) is 24.9 Å². The van der Waals surface area contributed by atoms with Crippen molar-refractivity contribution in [3.05, 3.63) is 42.6 Å². The van der Waals surface area contributed by atoms with E-state index in [2.05, 4.69) is 32.4 Å². The predicted molar refractivity (Wildman–Crippen MR) is 158 cm³/mol. The summed E-state index contributed by atoms with van der Waals surface area (Å²) in [7, 11) is 3.38. The molecular weight excluding hydrogens is 506 g/mol. The van der Waals surface area contributed by atoms with Gasteiger partial charge >= 0.3 is 0 Å². The normalized spacial score (nSPS) is 21.8. The third-order valence-electron chi connectivity index (χ3n) is 8.29. The lowest BCUT2D eigenvalue weighted by atomic mass is 9.93. The second-order valence-corrected chi connectivity index (χ2v) is 11.0. The number of amides is 2. The average Bonchev–Trinajstić information content (AvgIpc) is 3.09. The molecule has 2 unspecified atom stereocenters. The second kappa shape index (κ2) is 12.7. The zero-order valence-corrected chi connectivity index (χ0v) is 23.6. The first-order chi connectivity index (χ1) is 19.5. The van der Waals surface area contributed by atoms with Gasteiger partial charge in [-0.05, 0) is 56.8 Å². The highest BCUT2D eigenvalue weighted by Crippen LogP contribution is 2.38. The maximum absolute atomic E-state index is 13.3. The molecule has 10 nitrogen and oxygen atoms in total. The van der Waals surface area contributed by atoms with Crippen molar-refractivity contribution in [3.8, 4) is 5.75 Å². The minimum Gasteiger partial charge on any atom is -0.495 e. The fourth-order valence-electron chi connectivity index (χ4n) is 6.06. The van der Waals surface area contributed by atoms with Crippen LogP contribution in [0.1, 0.15) is 61.7 Å². The molecule has 2 aliphatic heterocycles. The van der Waals surface area contributed by atoms with Gasteiger partial charge in [0.15, 0.2) is 5.82 Å². The summed E-state index contributed by atoms with van der Waals surface area (Å²) in [5.74, 6) is 1.45. The SMILES string of the molecule is C=CCC1CN(C2CCCCC2)c2nc(Nc3ccc(C(=O)NC4CCCNC4)cc3OC)ncc2N(C)C1=O. The van der Waals surface area contributed by atoms with Crippen molar-refractivity contribution >= 4 is 35.0 Å². The molecule has 0 bridgehead atoms. The van der Waals surface area contributed by atoms with Crippen LogP contribution in [0.3, 0.4) is 0 Å². The lowest BCUT2D eigenvalue weighted by molar-refractivity contribution is -0.121. The van der Waals surface area contributed by atoms with Crippen LogP contribution in [0, 0.1) is 5.92 Å². The predicted octanol–water partition coefficient (Wildman–Crippen LogP) is 4.02. The van der Waals surface area contributed by atoms with Crippen LogP contribution in [0.5, 0.6) is 5.75 Å². The van der Waals surface area contributed by atoms with Crippen molar-refractivity contribution in [2.24, 2.45) is 5.92 Å². The van der Waals surface area contributed by atoms with Crippen molar-refractivity contribution in [1.29, 1.82) is 0 Å². The number of carbonyl (C=O) groups excluding carboxylic acids is 2. The number of nitrogens with zero attached hydrogens (tertiary/aromatic N) is 4. The Bertz CT molecular complexity index is 1220. The van der Waals surface area contributed by atoms with E-state index in [4.69, 9.17) is 9.72 Å². The van der Waals surface area contributed by atoms with Crippen LogP contribution < -0.4 is 30.5 Å². The van der Waals surface area contributed by atoms with Crippen molar-refractivity contribution in [1.82, 2.24) is 20.6 Å². The number of nitrogens with one attached hydrogen (secondary N) is 3. The zero-order valence-electron chi connectivity index (χ0n) is 23.6. The molecule has 0 radical (unpaired) electrons. The van der Waals surface area contributed by atoms with Gasteiger partial charge in [0.1, 0.15) is 11.4 Å². The van der Waals surface area contributed by atoms with E-state index in [1.54, 1.807) is 37.4 Å². The number of ether oxygens (including phenoxy) is 1. The number of allylic oxidation sites excluding steroid dienone is 1. The molecule has 2 amide bonds. The fourth-order valence-corrected chi connectivity index (χ4v) is 6.06. The minimum absolute atomic E-state index is 0.0586. The lowest BCUT2D eigenvalue weighted by Gasteiger charge is -2.36. The highest BCUT2D eigenvalue weighted by molar-refractivity contribution is 5.99. The molecule has 2 aromatic rings. The number of anilines is 4. The maximum atomic E-state index is 13.3. The molecule has 3 aliphatic rings. The van der Waals surface area contributed by atoms with E-state index in [0.29, 0.717) is 47.6 Å². The number of fused-ring (bicyclic) bond motifs is 1. The van der Waals surface area contributed by atoms with Gasteiger partial charge in [-0.3, -0.25) is 9.59 Å². The smallest absolute Gasteiger partial charge is 0.251 e. The quantitative estimate of drug-likeness (QED) is 0.425.